The van der Waals surface area contributed by atoms with E-state index in [1.807, 2.05) is 0 Å². The molecule has 0 radical (unpaired) electrons. The van der Waals surface area contributed by atoms with Crippen LogP contribution in [-0.4, -0.2) is 17.6 Å². The molecule has 1 aromatic heterocycles. The van der Waals surface area contributed by atoms with Gasteiger partial charge in [0.25, 0.3) is 6.43 Å². The van der Waals surface area contributed by atoms with E-state index >= 15 is 0 Å². The lowest BCUT2D eigenvalue weighted by atomic mass is 10.2. The Bertz CT molecular complexity index is 412. The second-order valence-electron chi connectivity index (χ2n) is 2.71. The fraction of sp³-hybridized carbons (Fsp3) is 0.333. The summed E-state index contributed by atoms with van der Waals surface area (Å²) in [5, 5.41) is 0. The lowest BCUT2D eigenvalue weighted by molar-refractivity contribution is 0.0519. The van der Waals surface area contributed by atoms with Crippen molar-refractivity contribution in [1.82, 2.24) is 4.98 Å². The minimum atomic E-state index is -2.88. The second-order valence-corrected chi connectivity index (χ2v) is 3.78. The van der Waals surface area contributed by atoms with Gasteiger partial charge in [0.05, 0.1) is 10.2 Å². The van der Waals surface area contributed by atoms with Crippen molar-refractivity contribution in [3.63, 3.8) is 0 Å². The molecular weight excluding hydrogens is 338 g/mol. The molecule has 1 heterocycles. The Labute approximate surface area is 103 Å². The number of alkyl halides is 2. The Kier molecular flexibility index (Phi) is 4.51. The Balaban J connectivity index is 3.16. The van der Waals surface area contributed by atoms with Gasteiger partial charge >= 0.3 is 5.97 Å². The molecule has 7 heteroatoms. The van der Waals surface area contributed by atoms with Crippen molar-refractivity contribution in [2.75, 3.05) is 6.61 Å². The summed E-state index contributed by atoms with van der Waals surface area (Å²) in [5.41, 5.74) is -1.11. The first kappa shape index (κ1) is 13.2. The highest BCUT2D eigenvalue weighted by Crippen LogP contribution is 2.26. The Morgan fingerprint density at radius 3 is 2.75 bits per heavy atom. The van der Waals surface area contributed by atoms with E-state index in [9.17, 15) is 18.0 Å². The number of ether oxygens (including phenoxy) is 1. The van der Waals surface area contributed by atoms with Gasteiger partial charge in [-0.25, -0.2) is 18.0 Å². The van der Waals surface area contributed by atoms with Crippen LogP contribution in [0.25, 0.3) is 0 Å². The van der Waals surface area contributed by atoms with Gasteiger partial charge in [0.2, 0.25) is 0 Å². The summed E-state index contributed by atoms with van der Waals surface area (Å²) >= 11 is 1.38. The Hall–Kier alpha value is -0.860. The first-order valence-electron chi connectivity index (χ1n) is 4.28. The van der Waals surface area contributed by atoms with E-state index in [0.29, 0.717) is 0 Å². The predicted octanol–water partition coefficient (Wildman–Crippen LogP) is 2.94. The maximum atomic E-state index is 13.5. The van der Waals surface area contributed by atoms with E-state index in [0.717, 1.165) is 6.20 Å². The van der Waals surface area contributed by atoms with Gasteiger partial charge in [0.15, 0.2) is 5.82 Å². The Morgan fingerprint density at radius 2 is 2.25 bits per heavy atom. The van der Waals surface area contributed by atoms with Crippen LogP contribution in [0, 0.1) is 9.39 Å². The zero-order valence-corrected chi connectivity index (χ0v) is 10.3. The molecule has 0 N–H and O–H groups in total. The molecule has 0 saturated carbocycles. The van der Waals surface area contributed by atoms with Crippen LogP contribution in [0.4, 0.5) is 13.2 Å². The zero-order valence-electron chi connectivity index (χ0n) is 8.14. The molecule has 0 aromatic carbocycles. The summed E-state index contributed by atoms with van der Waals surface area (Å²) in [6.07, 6.45) is -2.12. The lowest BCUT2D eigenvalue weighted by Gasteiger charge is -2.07. The number of aromatic nitrogens is 1. The maximum absolute atomic E-state index is 13.5. The number of halogens is 4. The number of nitrogens with zero attached hydrogens (tertiary/aromatic N) is 1. The summed E-state index contributed by atoms with van der Waals surface area (Å²) in [4.78, 5) is 14.5. The van der Waals surface area contributed by atoms with Crippen LogP contribution in [0.3, 0.4) is 0 Å². The van der Waals surface area contributed by atoms with Gasteiger partial charge in [0, 0.05) is 6.20 Å². The average molecular weight is 345 g/mol. The first-order valence-corrected chi connectivity index (χ1v) is 5.36. The monoisotopic (exact) mass is 345 g/mol. The topological polar surface area (TPSA) is 39.2 Å². The second kappa shape index (κ2) is 5.46. The van der Waals surface area contributed by atoms with Crippen molar-refractivity contribution in [1.29, 1.82) is 0 Å². The van der Waals surface area contributed by atoms with E-state index in [-0.39, 0.29) is 10.2 Å². The molecule has 88 valence electrons. The standard InChI is InChI=1S/C9H7F3INO2/c1-2-16-9(15)4-3-14-7(8(11)12)6(13)5(4)10/h3,8H,2H2,1H3. The van der Waals surface area contributed by atoms with Gasteiger partial charge in [-0.05, 0) is 29.5 Å². The molecule has 0 amide bonds. The summed E-state index contributed by atoms with van der Waals surface area (Å²) in [7, 11) is 0. The van der Waals surface area contributed by atoms with E-state index in [1.165, 1.54) is 22.6 Å². The van der Waals surface area contributed by atoms with Crippen molar-refractivity contribution in [2.24, 2.45) is 0 Å². The molecule has 0 spiro atoms. The average Bonchev–Trinajstić information content (AvgIpc) is 2.21. The number of rotatable bonds is 3. The number of esters is 1. The van der Waals surface area contributed by atoms with Crippen LogP contribution >= 0.6 is 22.6 Å². The minimum absolute atomic E-state index is 0.0749. The highest BCUT2D eigenvalue weighted by atomic mass is 127. The summed E-state index contributed by atoms with van der Waals surface area (Å²) in [6, 6.07) is 0. The number of pyridine rings is 1. The van der Waals surface area contributed by atoms with Gasteiger partial charge in [-0.15, -0.1) is 0 Å². The highest BCUT2D eigenvalue weighted by Gasteiger charge is 2.22. The fourth-order valence-corrected chi connectivity index (χ4v) is 1.65. The molecule has 1 aromatic rings. The molecule has 0 saturated heterocycles. The van der Waals surface area contributed by atoms with E-state index < -0.39 is 29.5 Å². The fourth-order valence-electron chi connectivity index (χ4n) is 0.981. The minimum Gasteiger partial charge on any atom is -0.462 e. The van der Waals surface area contributed by atoms with Crippen LogP contribution in [-0.2, 0) is 4.74 Å². The van der Waals surface area contributed by atoms with Crippen LogP contribution in [0.1, 0.15) is 29.4 Å². The van der Waals surface area contributed by atoms with Crippen LogP contribution in [0.15, 0.2) is 6.20 Å². The van der Waals surface area contributed by atoms with Crippen molar-refractivity contribution < 1.29 is 22.7 Å². The number of hydrogen-bond acceptors (Lipinski definition) is 3. The van der Waals surface area contributed by atoms with Gasteiger partial charge in [-0.2, -0.15) is 0 Å². The number of hydrogen-bond donors (Lipinski definition) is 0. The molecule has 3 nitrogen and oxygen atoms in total. The molecule has 0 unspecified atom stereocenters. The molecule has 1 rings (SSSR count). The first-order chi connectivity index (χ1) is 7.49. The summed E-state index contributed by atoms with van der Waals surface area (Å²) in [5.74, 6) is -1.93. The van der Waals surface area contributed by atoms with E-state index in [2.05, 4.69) is 9.72 Å². The van der Waals surface area contributed by atoms with Crippen molar-refractivity contribution in [3.8, 4) is 0 Å². The number of carbonyl (C=O) groups excluding carboxylic acids is 1. The van der Waals surface area contributed by atoms with Crippen molar-refractivity contribution in [2.45, 2.75) is 13.3 Å². The SMILES string of the molecule is CCOC(=O)c1cnc(C(F)F)c(I)c1F. The maximum Gasteiger partial charge on any atom is 0.342 e. The Morgan fingerprint density at radius 1 is 1.62 bits per heavy atom. The highest BCUT2D eigenvalue weighted by molar-refractivity contribution is 14.1. The largest absolute Gasteiger partial charge is 0.462 e. The van der Waals surface area contributed by atoms with Crippen molar-refractivity contribution in [3.05, 3.63) is 26.8 Å². The van der Waals surface area contributed by atoms with Gasteiger partial charge in [-0.1, -0.05) is 0 Å². The van der Waals surface area contributed by atoms with Crippen LogP contribution in [0.5, 0.6) is 0 Å². The van der Waals surface area contributed by atoms with E-state index in [4.69, 9.17) is 0 Å². The smallest absolute Gasteiger partial charge is 0.342 e. The molecule has 0 aliphatic heterocycles. The molecular formula is C9H7F3INO2. The molecule has 0 aliphatic rings. The predicted molar refractivity (Wildman–Crippen MR) is 57.8 cm³/mol. The summed E-state index contributed by atoms with van der Waals surface area (Å²) < 4.78 is 42.4. The third-order valence-electron chi connectivity index (χ3n) is 1.69. The molecule has 0 aliphatic carbocycles. The van der Waals surface area contributed by atoms with Gasteiger partial charge in [0.1, 0.15) is 11.3 Å². The molecule has 0 atom stereocenters. The summed E-state index contributed by atoms with van der Waals surface area (Å²) in [6.45, 7) is 1.63. The van der Waals surface area contributed by atoms with Gasteiger partial charge < -0.3 is 4.74 Å². The quantitative estimate of drug-likeness (QED) is 0.625. The third kappa shape index (κ3) is 2.63. The molecule has 0 fully saturated rings. The molecule has 16 heavy (non-hydrogen) atoms. The zero-order chi connectivity index (χ0) is 12.3. The van der Waals surface area contributed by atoms with E-state index in [1.54, 1.807) is 6.92 Å². The van der Waals surface area contributed by atoms with Crippen LogP contribution in [0.2, 0.25) is 0 Å². The van der Waals surface area contributed by atoms with Gasteiger partial charge in [-0.3, -0.25) is 4.98 Å². The molecule has 0 bridgehead atoms. The van der Waals surface area contributed by atoms with Crippen molar-refractivity contribution >= 4 is 28.6 Å². The number of carbonyl (C=O) groups is 1. The normalized spacial score (nSPS) is 10.6. The van der Waals surface area contributed by atoms with Crippen LogP contribution < -0.4 is 0 Å². The lowest BCUT2D eigenvalue weighted by Crippen LogP contribution is -2.11. The third-order valence-corrected chi connectivity index (χ3v) is 2.72.